The van der Waals surface area contributed by atoms with Crippen LogP contribution in [-0.4, -0.2) is 21.4 Å². The van der Waals surface area contributed by atoms with Crippen LogP contribution in [0.4, 0.5) is 0 Å². The first kappa shape index (κ1) is 14.4. The van der Waals surface area contributed by atoms with E-state index in [1.165, 1.54) is 0 Å². The summed E-state index contributed by atoms with van der Waals surface area (Å²) in [5, 5.41) is 0. The van der Waals surface area contributed by atoms with Crippen LogP contribution in [0.1, 0.15) is 39.0 Å². The lowest BCUT2D eigenvalue weighted by atomic mass is 9.89. The normalized spacial score (nSPS) is 13.5. The van der Waals surface area contributed by atoms with Crippen LogP contribution in [0, 0.1) is 12.3 Å². The van der Waals surface area contributed by atoms with Crippen LogP contribution in [-0.2, 0) is 6.42 Å². The zero-order chi connectivity index (χ0) is 13.1. The highest BCUT2D eigenvalue weighted by molar-refractivity contribution is 9.09. The molecule has 0 saturated heterocycles. The molecule has 0 bridgehead atoms. The summed E-state index contributed by atoms with van der Waals surface area (Å²) in [5.41, 5.74) is 2.31. The van der Waals surface area contributed by atoms with Crippen molar-refractivity contribution in [1.82, 2.24) is 9.97 Å². The van der Waals surface area contributed by atoms with E-state index in [9.17, 15) is 0 Å². The second-order valence-corrected chi connectivity index (χ2v) is 6.33. The van der Waals surface area contributed by atoms with E-state index in [2.05, 4.69) is 46.7 Å². The molecule has 0 aromatic carbocycles. The highest BCUT2D eigenvalue weighted by Crippen LogP contribution is 2.30. The lowest BCUT2D eigenvalue weighted by Gasteiger charge is -2.25. The summed E-state index contributed by atoms with van der Waals surface area (Å²) in [6.45, 7) is 11.3. The molecule has 0 fully saturated rings. The van der Waals surface area contributed by atoms with Gasteiger partial charge in [-0.05, 0) is 19.3 Å². The van der Waals surface area contributed by atoms with Crippen LogP contribution >= 0.6 is 15.9 Å². The van der Waals surface area contributed by atoms with Gasteiger partial charge in [0.15, 0.2) is 0 Å². The largest absolute Gasteiger partial charge is 0.478 e. The topological polar surface area (TPSA) is 35.0 Å². The number of aromatic nitrogens is 2. The minimum Gasteiger partial charge on any atom is -0.478 e. The molecule has 1 unspecified atom stereocenters. The molecule has 0 radical (unpaired) electrons. The van der Waals surface area contributed by atoms with E-state index in [4.69, 9.17) is 4.74 Å². The van der Waals surface area contributed by atoms with Crippen LogP contribution in [0.2, 0.25) is 0 Å². The van der Waals surface area contributed by atoms with Gasteiger partial charge in [-0.2, -0.15) is 0 Å². The van der Waals surface area contributed by atoms with Gasteiger partial charge in [-0.25, -0.2) is 9.97 Å². The summed E-state index contributed by atoms with van der Waals surface area (Å²) in [7, 11) is 0. The summed E-state index contributed by atoms with van der Waals surface area (Å²) in [6, 6.07) is 0. The van der Waals surface area contributed by atoms with Gasteiger partial charge in [-0.3, -0.25) is 0 Å². The fourth-order valence-electron chi connectivity index (χ4n) is 1.43. The third kappa shape index (κ3) is 3.95. The summed E-state index contributed by atoms with van der Waals surface area (Å²) >= 11 is 3.73. The maximum atomic E-state index is 5.48. The second kappa shape index (κ2) is 5.80. The number of hydrogen-bond acceptors (Lipinski definition) is 3. The molecule has 1 heterocycles. The van der Waals surface area contributed by atoms with Crippen molar-refractivity contribution >= 4 is 15.9 Å². The summed E-state index contributed by atoms with van der Waals surface area (Å²) in [5.74, 6) is 0.700. The van der Waals surface area contributed by atoms with E-state index >= 15 is 0 Å². The van der Waals surface area contributed by atoms with E-state index in [0.717, 1.165) is 17.7 Å². The number of ether oxygens (including phenoxy) is 1. The Bertz CT molecular complexity index is 374. The van der Waals surface area contributed by atoms with Crippen LogP contribution in [0.3, 0.4) is 0 Å². The van der Waals surface area contributed by atoms with Crippen molar-refractivity contribution in [3.8, 4) is 5.88 Å². The number of nitrogens with zero attached hydrogens (tertiary/aromatic N) is 2. The Balaban J connectivity index is 2.88. The van der Waals surface area contributed by atoms with Gasteiger partial charge < -0.3 is 4.74 Å². The molecule has 0 spiro atoms. The summed E-state index contributed by atoms with van der Waals surface area (Å²) in [4.78, 5) is 8.89. The third-order valence-electron chi connectivity index (χ3n) is 2.74. The quantitative estimate of drug-likeness (QED) is 0.798. The molecule has 0 aliphatic carbocycles. The molecule has 17 heavy (non-hydrogen) atoms. The standard InChI is InChI=1S/C13H21BrN2O/c1-6-17-12-9(2)10(15-8-16-12)7-11(14)13(3,4)5/h8,11H,6-7H2,1-5H3. The molecule has 1 atom stereocenters. The molecule has 0 saturated carbocycles. The van der Waals surface area contributed by atoms with Gasteiger partial charge in [-0.1, -0.05) is 36.7 Å². The molecule has 0 aliphatic heterocycles. The smallest absolute Gasteiger partial charge is 0.219 e. The van der Waals surface area contributed by atoms with Gasteiger partial charge in [0.05, 0.1) is 12.3 Å². The Morgan fingerprint density at radius 1 is 1.35 bits per heavy atom. The SMILES string of the molecule is CCOc1ncnc(CC(Br)C(C)(C)C)c1C. The summed E-state index contributed by atoms with van der Waals surface area (Å²) in [6.07, 6.45) is 2.47. The number of alkyl halides is 1. The molecule has 0 N–H and O–H groups in total. The van der Waals surface area contributed by atoms with E-state index in [0.29, 0.717) is 17.3 Å². The monoisotopic (exact) mass is 300 g/mol. The molecule has 1 aromatic rings. The zero-order valence-electron chi connectivity index (χ0n) is 11.2. The minimum absolute atomic E-state index is 0.211. The van der Waals surface area contributed by atoms with Gasteiger partial charge in [-0.15, -0.1) is 0 Å². The summed E-state index contributed by atoms with van der Waals surface area (Å²) < 4.78 is 5.48. The van der Waals surface area contributed by atoms with E-state index in [1.54, 1.807) is 6.33 Å². The first-order chi connectivity index (χ1) is 7.86. The lowest BCUT2D eigenvalue weighted by molar-refractivity contribution is 0.322. The Labute approximate surface area is 112 Å². The predicted octanol–water partition coefficient (Wildman–Crippen LogP) is 3.54. The second-order valence-electron chi connectivity index (χ2n) is 5.22. The van der Waals surface area contributed by atoms with Gasteiger partial charge in [0, 0.05) is 16.8 Å². The Morgan fingerprint density at radius 2 is 2.00 bits per heavy atom. The van der Waals surface area contributed by atoms with Crippen LogP contribution in [0.5, 0.6) is 5.88 Å². The Morgan fingerprint density at radius 3 is 2.53 bits per heavy atom. The van der Waals surface area contributed by atoms with Crippen molar-refractivity contribution in [3.63, 3.8) is 0 Å². The Kier molecular flexibility index (Phi) is 4.92. The number of halogens is 1. The first-order valence-electron chi connectivity index (χ1n) is 5.93. The molecule has 1 rings (SSSR count). The predicted molar refractivity (Wildman–Crippen MR) is 73.8 cm³/mol. The van der Waals surface area contributed by atoms with Crippen molar-refractivity contribution in [2.24, 2.45) is 5.41 Å². The fraction of sp³-hybridized carbons (Fsp3) is 0.692. The lowest BCUT2D eigenvalue weighted by Crippen LogP contribution is -2.23. The van der Waals surface area contributed by atoms with Gasteiger partial charge in [0.25, 0.3) is 0 Å². The van der Waals surface area contributed by atoms with E-state index in [1.807, 2.05) is 13.8 Å². The molecular weight excluding hydrogens is 280 g/mol. The van der Waals surface area contributed by atoms with Crippen molar-refractivity contribution in [2.45, 2.75) is 45.9 Å². The molecular formula is C13H21BrN2O. The molecule has 96 valence electrons. The molecule has 0 aliphatic rings. The first-order valence-corrected chi connectivity index (χ1v) is 6.85. The van der Waals surface area contributed by atoms with Gasteiger partial charge in [0.1, 0.15) is 6.33 Å². The van der Waals surface area contributed by atoms with Crippen LogP contribution < -0.4 is 4.74 Å². The van der Waals surface area contributed by atoms with Gasteiger partial charge in [0.2, 0.25) is 5.88 Å². The maximum Gasteiger partial charge on any atom is 0.219 e. The highest BCUT2D eigenvalue weighted by atomic mass is 79.9. The molecule has 3 nitrogen and oxygen atoms in total. The van der Waals surface area contributed by atoms with Crippen LogP contribution in [0.15, 0.2) is 6.33 Å². The average molecular weight is 301 g/mol. The van der Waals surface area contributed by atoms with Crippen molar-refractivity contribution in [2.75, 3.05) is 6.61 Å². The van der Waals surface area contributed by atoms with E-state index < -0.39 is 0 Å². The van der Waals surface area contributed by atoms with Crippen LogP contribution in [0.25, 0.3) is 0 Å². The van der Waals surface area contributed by atoms with Crippen molar-refractivity contribution < 1.29 is 4.74 Å². The molecule has 1 aromatic heterocycles. The third-order valence-corrected chi connectivity index (χ3v) is 4.43. The van der Waals surface area contributed by atoms with Crippen molar-refractivity contribution in [1.29, 1.82) is 0 Å². The fourth-order valence-corrected chi connectivity index (χ4v) is 1.74. The van der Waals surface area contributed by atoms with Crippen molar-refractivity contribution in [3.05, 3.63) is 17.6 Å². The molecule has 4 heteroatoms. The molecule has 0 amide bonds. The highest BCUT2D eigenvalue weighted by Gasteiger charge is 2.23. The van der Waals surface area contributed by atoms with E-state index in [-0.39, 0.29) is 5.41 Å². The average Bonchev–Trinajstić information content (AvgIpc) is 2.22. The zero-order valence-corrected chi connectivity index (χ0v) is 12.8. The maximum absolute atomic E-state index is 5.48. The van der Waals surface area contributed by atoms with Gasteiger partial charge >= 0.3 is 0 Å². The minimum atomic E-state index is 0.211. The number of hydrogen-bond donors (Lipinski definition) is 0. The number of rotatable bonds is 4. The Hall–Kier alpha value is -0.640.